The molecule has 1 rings (SSSR count). The van der Waals surface area contributed by atoms with Gasteiger partial charge in [-0.3, -0.25) is 0 Å². The lowest BCUT2D eigenvalue weighted by atomic mass is 10.2. The van der Waals surface area contributed by atoms with E-state index in [1.54, 1.807) is 6.07 Å². The molecule has 0 aromatic heterocycles. The van der Waals surface area contributed by atoms with Crippen LogP contribution in [0.2, 0.25) is 5.02 Å². The van der Waals surface area contributed by atoms with Crippen molar-refractivity contribution < 1.29 is 4.39 Å². The molecule has 0 N–H and O–H groups in total. The van der Waals surface area contributed by atoms with Crippen LogP contribution in [0, 0.1) is 5.82 Å². The SMILES string of the molecule is Fc1cc(Br)c(Cl)cc1CBr. The summed E-state index contributed by atoms with van der Waals surface area (Å²) in [6.45, 7) is 0. The van der Waals surface area contributed by atoms with Crippen LogP contribution in [0.15, 0.2) is 16.6 Å². The maximum absolute atomic E-state index is 12.9. The molecule has 0 unspecified atom stereocenters. The van der Waals surface area contributed by atoms with Gasteiger partial charge in [0.1, 0.15) is 5.82 Å². The predicted octanol–water partition coefficient (Wildman–Crippen LogP) is 4.14. The van der Waals surface area contributed by atoms with E-state index >= 15 is 0 Å². The van der Waals surface area contributed by atoms with Gasteiger partial charge < -0.3 is 0 Å². The van der Waals surface area contributed by atoms with Gasteiger partial charge in [0.15, 0.2) is 0 Å². The lowest BCUT2D eigenvalue weighted by molar-refractivity contribution is 0.617. The van der Waals surface area contributed by atoms with Crippen molar-refractivity contribution in [2.75, 3.05) is 0 Å². The third-order valence-electron chi connectivity index (χ3n) is 1.23. The molecule has 60 valence electrons. The summed E-state index contributed by atoms with van der Waals surface area (Å²) in [5.74, 6) is -0.252. The smallest absolute Gasteiger partial charge is 0.128 e. The van der Waals surface area contributed by atoms with Crippen LogP contribution in [0.5, 0.6) is 0 Å². The predicted molar refractivity (Wildman–Crippen MR) is 51.7 cm³/mol. The number of benzene rings is 1. The van der Waals surface area contributed by atoms with Crippen molar-refractivity contribution in [3.05, 3.63) is 33.0 Å². The van der Waals surface area contributed by atoms with Gasteiger partial charge in [-0.1, -0.05) is 27.5 Å². The van der Waals surface area contributed by atoms with Crippen molar-refractivity contribution in [1.29, 1.82) is 0 Å². The van der Waals surface area contributed by atoms with Gasteiger partial charge in [0, 0.05) is 9.80 Å². The lowest BCUT2D eigenvalue weighted by Gasteiger charge is -2.00. The van der Waals surface area contributed by atoms with Gasteiger partial charge >= 0.3 is 0 Å². The normalized spacial score (nSPS) is 10.2. The molecule has 0 radical (unpaired) electrons. The summed E-state index contributed by atoms with van der Waals surface area (Å²) in [7, 11) is 0. The number of hydrogen-bond donors (Lipinski definition) is 0. The maximum atomic E-state index is 12.9. The standard InChI is InChI=1S/C7H4Br2ClF/c8-3-4-1-6(10)5(9)2-7(4)11/h1-2H,3H2. The quantitative estimate of drug-likeness (QED) is 0.540. The minimum atomic E-state index is -0.252. The van der Waals surface area contributed by atoms with Crippen molar-refractivity contribution in [1.82, 2.24) is 0 Å². The maximum Gasteiger partial charge on any atom is 0.128 e. The highest BCUT2D eigenvalue weighted by atomic mass is 79.9. The molecular formula is C7H4Br2ClF. The first-order valence-electron chi connectivity index (χ1n) is 2.84. The van der Waals surface area contributed by atoms with Crippen LogP contribution in [0.3, 0.4) is 0 Å². The van der Waals surface area contributed by atoms with Gasteiger partial charge in [-0.15, -0.1) is 0 Å². The molecule has 0 saturated carbocycles. The molecule has 0 aliphatic heterocycles. The monoisotopic (exact) mass is 300 g/mol. The Kier molecular flexibility index (Phi) is 3.34. The molecule has 0 saturated heterocycles. The molecule has 0 aliphatic carbocycles. The molecule has 0 heterocycles. The van der Waals surface area contributed by atoms with E-state index in [4.69, 9.17) is 11.6 Å². The lowest BCUT2D eigenvalue weighted by Crippen LogP contribution is -1.85. The number of rotatable bonds is 1. The van der Waals surface area contributed by atoms with Gasteiger partial charge in [-0.25, -0.2) is 4.39 Å². The summed E-state index contributed by atoms with van der Waals surface area (Å²) in [6, 6.07) is 2.95. The first-order valence-corrected chi connectivity index (χ1v) is 5.13. The van der Waals surface area contributed by atoms with Gasteiger partial charge in [0.25, 0.3) is 0 Å². The Morgan fingerprint density at radius 2 is 2.09 bits per heavy atom. The van der Waals surface area contributed by atoms with Gasteiger partial charge in [0.2, 0.25) is 0 Å². The van der Waals surface area contributed by atoms with Crippen molar-refractivity contribution in [3.8, 4) is 0 Å². The van der Waals surface area contributed by atoms with Crippen molar-refractivity contribution in [3.63, 3.8) is 0 Å². The van der Waals surface area contributed by atoms with Gasteiger partial charge in [0.05, 0.1) is 5.02 Å². The van der Waals surface area contributed by atoms with E-state index < -0.39 is 0 Å². The molecule has 0 aliphatic rings. The van der Waals surface area contributed by atoms with Crippen molar-refractivity contribution in [2.45, 2.75) is 5.33 Å². The first kappa shape index (κ1) is 9.49. The molecular weight excluding hydrogens is 298 g/mol. The summed E-state index contributed by atoms with van der Waals surface area (Å²) >= 11 is 12.0. The van der Waals surface area contributed by atoms with Crippen LogP contribution in [-0.4, -0.2) is 0 Å². The van der Waals surface area contributed by atoms with E-state index in [0.717, 1.165) is 0 Å². The summed E-state index contributed by atoms with van der Waals surface area (Å²) in [5, 5.41) is 1.01. The first-order chi connectivity index (χ1) is 5.15. The largest absolute Gasteiger partial charge is 0.207 e. The van der Waals surface area contributed by atoms with Gasteiger partial charge in [-0.05, 0) is 33.6 Å². The molecule has 1 aromatic rings. The van der Waals surface area contributed by atoms with Crippen LogP contribution < -0.4 is 0 Å². The Morgan fingerprint density at radius 1 is 1.45 bits per heavy atom. The second-order valence-corrected chi connectivity index (χ2v) is 3.81. The molecule has 0 amide bonds. The van der Waals surface area contributed by atoms with E-state index in [9.17, 15) is 4.39 Å². The average Bonchev–Trinajstić information content (AvgIpc) is 1.97. The Morgan fingerprint density at radius 3 is 2.64 bits per heavy atom. The second kappa shape index (κ2) is 3.87. The highest BCUT2D eigenvalue weighted by Gasteiger charge is 2.04. The molecule has 0 spiro atoms. The van der Waals surface area contributed by atoms with Crippen LogP contribution in [-0.2, 0) is 5.33 Å². The highest BCUT2D eigenvalue weighted by molar-refractivity contribution is 9.10. The average molecular weight is 302 g/mol. The zero-order chi connectivity index (χ0) is 8.43. The molecule has 11 heavy (non-hydrogen) atoms. The minimum absolute atomic E-state index is 0.252. The van der Waals surface area contributed by atoms with E-state index in [1.807, 2.05) is 0 Å². The number of hydrogen-bond acceptors (Lipinski definition) is 0. The van der Waals surface area contributed by atoms with E-state index in [0.29, 0.717) is 20.4 Å². The van der Waals surface area contributed by atoms with Crippen molar-refractivity contribution in [2.24, 2.45) is 0 Å². The summed E-state index contributed by atoms with van der Waals surface area (Å²) in [6.07, 6.45) is 0. The Labute approximate surface area is 86.0 Å². The van der Waals surface area contributed by atoms with E-state index in [1.165, 1.54) is 6.07 Å². The zero-order valence-electron chi connectivity index (χ0n) is 5.37. The van der Waals surface area contributed by atoms with Gasteiger partial charge in [-0.2, -0.15) is 0 Å². The van der Waals surface area contributed by atoms with Crippen LogP contribution in [0.4, 0.5) is 4.39 Å². The zero-order valence-corrected chi connectivity index (χ0v) is 9.30. The molecule has 0 atom stereocenters. The summed E-state index contributed by atoms with van der Waals surface area (Å²) < 4.78 is 13.5. The van der Waals surface area contributed by atoms with Crippen LogP contribution in [0.1, 0.15) is 5.56 Å². The third-order valence-corrected chi connectivity index (χ3v) is 3.03. The Hall–Kier alpha value is 0.400. The molecule has 0 fully saturated rings. The molecule has 0 bridgehead atoms. The topological polar surface area (TPSA) is 0 Å². The van der Waals surface area contributed by atoms with Crippen molar-refractivity contribution >= 4 is 43.5 Å². The fourth-order valence-electron chi connectivity index (χ4n) is 0.666. The Balaban J connectivity index is 3.21. The second-order valence-electron chi connectivity index (χ2n) is 1.99. The number of alkyl halides is 1. The van der Waals surface area contributed by atoms with Crippen LogP contribution >= 0.6 is 43.5 Å². The molecule has 0 nitrogen and oxygen atoms in total. The minimum Gasteiger partial charge on any atom is -0.207 e. The molecule has 4 heteroatoms. The van der Waals surface area contributed by atoms with E-state index in [2.05, 4.69) is 31.9 Å². The highest BCUT2D eigenvalue weighted by Crippen LogP contribution is 2.26. The summed E-state index contributed by atoms with van der Waals surface area (Å²) in [5.41, 5.74) is 0.568. The molecule has 1 aromatic carbocycles. The van der Waals surface area contributed by atoms with E-state index in [-0.39, 0.29) is 5.82 Å². The number of halogens is 4. The summed E-state index contributed by atoms with van der Waals surface area (Å²) in [4.78, 5) is 0. The third kappa shape index (κ3) is 2.17. The van der Waals surface area contributed by atoms with Crippen LogP contribution in [0.25, 0.3) is 0 Å². The fraction of sp³-hybridized carbons (Fsp3) is 0.143. The fourth-order valence-corrected chi connectivity index (χ4v) is 1.60. The Bertz CT molecular complexity index is 275.